The van der Waals surface area contributed by atoms with Crippen molar-refractivity contribution in [3.05, 3.63) is 69.6 Å². The molecular formula is C27H24ClN3O7S2. The third kappa shape index (κ3) is 6.69. The van der Waals surface area contributed by atoms with Gasteiger partial charge in [-0.1, -0.05) is 65.9 Å². The number of fused-ring (bicyclic) bond motifs is 1. The molecule has 13 heteroatoms. The van der Waals surface area contributed by atoms with Crippen molar-refractivity contribution in [1.29, 1.82) is 0 Å². The first-order valence-electron chi connectivity index (χ1n) is 12.2. The Labute approximate surface area is 244 Å². The van der Waals surface area contributed by atoms with Crippen molar-refractivity contribution in [2.24, 2.45) is 0 Å². The summed E-state index contributed by atoms with van der Waals surface area (Å²) in [5.41, 5.74) is 1.67. The van der Waals surface area contributed by atoms with E-state index in [0.29, 0.717) is 16.3 Å². The molecule has 1 saturated heterocycles. The van der Waals surface area contributed by atoms with E-state index in [1.165, 1.54) is 9.80 Å². The Morgan fingerprint density at radius 2 is 1.75 bits per heavy atom. The molecule has 4 rings (SSSR count). The molecule has 0 saturated carbocycles. The zero-order valence-electron chi connectivity index (χ0n) is 21.3. The molecule has 1 fully saturated rings. The first-order chi connectivity index (χ1) is 19.2. The van der Waals surface area contributed by atoms with Crippen molar-refractivity contribution in [2.75, 3.05) is 31.1 Å². The van der Waals surface area contributed by atoms with Gasteiger partial charge in [0.05, 0.1) is 22.8 Å². The van der Waals surface area contributed by atoms with E-state index in [-0.39, 0.29) is 54.1 Å². The minimum Gasteiger partial charge on any atom is -0.465 e. The number of nitrogens with one attached hydrogen (secondary N) is 1. The highest BCUT2D eigenvalue weighted by atomic mass is 35.5. The maximum Gasteiger partial charge on any atom is 0.326 e. The van der Waals surface area contributed by atoms with Crippen LogP contribution in [0.5, 0.6) is 0 Å². The van der Waals surface area contributed by atoms with E-state index in [1.807, 2.05) is 30.3 Å². The smallest absolute Gasteiger partial charge is 0.326 e. The van der Waals surface area contributed by atoms with E-state index >= 15 is 0 Å². The zero-order chi connectivity index (χ0) is 28.8. The van der Waals surface area contributed by atoms with Crippen LogP contribution in [0, 0.1) is 0 Å². The fraction of sp³-hybridized carbons (Fsp3) is 0.259. The number of thioether (sulfide) groups is 1. The van der Waals surface area contributed by atoms with Crippen molar-refractivity contribution in [2.45, 2.75) is 20.0 Å². The third-order valence-corrected chi connectivity index (χ3v) is 7.56. The monoisotopic (exact) mass is 601 g/mol. The van der Waals surface area contributed by atoms with Crippen molar-refractivity contribution in [1.82, 2.24) is 10.2 Å². The van der Waals surface area contributed by atoms with Crippen molar-refractivity contribution >= 4 is 80.8 Å². The fourth-order valence-electron chi connectivity index (χ4n) is 4.02. The lowest BCUT2D eigenvalue weighted by Crippen LogP contribution is -2.36. The number of ether oxygens (including phenoxy) is 2. The number of benzene rings is 2. The summed E-state index contributed by atoms with van der Waals surface area (Å²) in [6.07, 6.45) is -0.121. The number of anilines is 1. The predicted octanol–water partition coefficient (Wildman–Crippen LogP) is 3.07. The quantitative estimate of drug-likeness (QED) is 0.249. The first-order valence-corrected chi connectivity index (χ1v) is 13.8. The van der Waals surface area contributed by atoms with Crippen LogP contribution in [0.3, 0.4) is 0 Å². The van der Waals surface area contributed by atoms with Crippen molar-refractivity contribution < 1.29 is 33.4 Å². The molecule has 0 atom stereocenters. The van der Waals surface area contributed by atoms with Crippen LogP contribution < -0.4 is 10.2 Å². The number of hydrogen-bond acceptors (Lipinski definition) is 9. The van der Waals surface area contributed by atoms with Crippen molar-refractivity contribution in [3.8, 4) is 0 Å². The number of nitrogens with zero attached hydrogens (tertiary/aromatic N) is 2. The molecule has 2 aromatic carbocycles. The lowest BCUT2D eigenvalue weighted by atomic mass is 10.1. The Balaban J connectivity index is 1.49. The maximum absolute atomic E-state index is 13.6. The Morgan fingerprint density at radius 1 is 1.00 bits per heavy atom. The van der Waals surface area contributed by atoms with Crippen LogP contribution in [0.4, 0.5) is 5.69 Å². The molecule has 2 heterocycles. The van der Waals surface area contributed by atoms with E-state index in [9.17, 15) is 24.0 Å². The highest BCUT2D eigenvalue weighted by Crippen LogP contribution is 2.45. The molecule has 0 unspecified atom stereocenters. The summed E-state index contributed by atoms with van der Waals surface area (Å²) in [4.78, 5) is 65.7. The van der Waals surface area contributed by atoms with Gasteiger partial charge in [0, 0.05) is 23.6 Å². The van der Waals surface area contributed by atoms with Gasteiger partial charge in [0.25, 0.3) is 11.8 Å². The van der Waals surface area contributed by atoms with Crippen LogP contribution in [-0.4, -0.2) is 65.1 Å². The number of rotatable bonds is 10. The zero-order valence-corrected chi connectivity index (χ0v) is 23.7. The van der Waals surface area contributed by atoms with Gasteiger partial charge in [-0.25, -0.2) is 0 Å². The topological polar surface area (TPSA) is 122 Å². The molecule has 0 aliphatic carbocycles. The number of esters is 2. The molecule has 0 bridgehead atoms. The molecule has 2 aliphatic rings. The average molecular weight is 602 g/mol. The Kier molecular flexibility index (Phi) is 9.56. The second-order valence-electron chi connectivity index (χ2n) is 8.56. The van der Waals surface area contributed by atoms with E-state index in [4.69, 9.17) is 33.3 Å². The van der Waals surface area contributed by atoms with E-state index in [2.05, 4.69) is 5.32 Å². The van der Waals surface area contributed by atoms with Crippen LogP contribution in [0.25, 0.3) is 5.57 Å². The van der Waals surface area contributed by atoms with Gasteiger partial charge in [-0.3, -0.25) is 33.8 Å². The third-order valence-electron chi connectivity index (χ3n) is 5.88. The molecule has 0 aromatic heterocycles. The SMILES string of the molecule is CCOC(=O)CNC(=O)CCN1C(=O)/C(=C2/C(=O)N(CC(=O)OCc3ccccc3)c3ccc(Cl)cc32)SC1=S. The summed E-state index contributed by atoms with van der Waals surface area (Å²) in [5.74, 6) is -2.78. The molecule has 3 amide bonds. The number of thiocarbonyl (C=S) groups is 1. The number of carbonyl (C=O) groups is 5. The lowest BCUT2D eigenvalue weighted by Gasteiger charge is -2.16. The largest absolute Gasteiger partial charge is 0.465 e. The van der Waals surface area contributed by atoms with Crippen LogP contribution in [-0.2, 0) is 40.1 Å². The summed E-state index contributed by atoms with van der Waals surface area (Å²) in [7, 11) is 0. The number of halogens is 1. The predicted molar refractivity (Wildman–Crippen MR) is 153 cm³/mol. The first kappa shape index (κ1) is 29.2. The minimum atomic E-state index is -0.624. The van der Waals surface area contributed by atoms with Crippen LogP contribution in [0.1, 0.15) is 24.5 Å². The molecule has 10 nitrogen and oxygen atoms in total. The Morgan fingerprint density at radius 3 is 2.48 bits per heavy atom. The summed E-state index contributed by atoms with van der Waals surface area (Å²) in [6.45, 7) is 1.19. The lowest BCUT2D eigenvalue weighted by molar-refractivity contribution is -0.144. The van der Waals surface area contributed by atoms with E-state index in [0.717, 1.165) is 17.3 Å². The highest BCUT2D eigenvalue weighted by molar-refractivity contribution is 8.26. The number of carbonyl (C=O) groups excluding carboxylic acids is 5. The molecule has 0 spiro atoms. The Hall–Kier alpha value is -3.74. The molecule has 2 aromatic rings. The van der Waals surface area contributed by atoms with Gasteiger partial charge in [0.1, 0.15) is 24.0 Å². The second kappa shape index (κ2) is 13.1. The molecule has 40 heavy (non-hydrogen) atoms. The van der Waals surface area contributed by atoms with Crippen LogP contribution in [0.15, 0.2) is 53.4 Å². The number of hydrogen-bond donors (Lipinski definition) is 1. The van der Waals surface area contributed by atoms with E-state index < -0.39 is 29.7 Å². The summed E-state index contributed by atoms with van der Waals surface area (Å²) >= 11 is 12.5. The minimum absolute atomic E-state index is 0.0497. The summed E-state index contributed by atoms with van der Waals surface area (Å²) < 4.78 is 10.3. The summed E-state index contributed by atoms with van der Waals surface area (Å²) in [5, 5.41) is 2.76. The summed E-state index contributed by atoms with van der Waals surface area (Å²) in [6, 6.07) is 13.9. The Bertz CT molecular complexity index is 1410. The van der Waals surface area contributed by atoms with Gasteiger partial charge in [-0.2, -0.15) is 0 Å². The highest BCUT2D eigenvalue weighted by Gasteiger charge is 2.42. The van der Waals surface area contributed by atoms with Gasteiger partial charge in [-0.05, 0) is 30.7 Å². The van der Waals surface area contributed by atoms with Crippen molar-refractivity contribution in [3.63, 3.8) is 0 Å². The van der Waals surface area contributed by atoms with Crippen LogP contribution >= 0.6 is 35.6 Å². The molecule has 2 aliphatic heterocycles. The van der Waals surface area contributed by atoms with Gasteiger partial charge >= 0.3 is 11.9 Å². The van der Waals surface area contributed by atoms with Gasteiger partial charge in [-0.15, -0.1) is 0 Å². The van der Waals surface area contributed by atoms with Gasteiger partial charge in [0.15, 0.2) is 0 Å². The van der Waals surface area contributed by atoms with Crippen LogP contribution in [0.2, 0.25) is 5.02 Å². The average Bonchev–Trinajstić information content (AvgIpc) is 3.36. The normalized spacial score (nSPS) is 16.3. The van der Waals surface area contributed by atoms with Gasteiger partial charge in [0.2, 0.25) is 5.91 Å². The standard InChI is InChI=1S/C27H24ClN3O7S2/c1-2-37-21(33)13-29-20(32)10-11-30-26(36)24(40-27(30)39)23-18-12-17(28)8-9-19(18)31(25(23)35)14-22(34)38-15-16-6-4-3-5-7-16/h3-9,12H,2,10-11,13-15H2,1H3,(H,29,32)/b24-23-. The number of amides is 3. The molecule has 0 radical (unpaired) electrons. The molecule has 208 valence electrons. The molecule has 1 N–H and O–H groups in total. The van der Waals surface area contributed by atoms with E-state index in [1.54, 1.807) is 25.1 Å². The van der Waals surface area contributed by atoms with Gasteiger partial charge < -0.3 is 14.8 Å². The fourth-order valence-corrected chi connectivity index (χ4v) is 5.57. The second-order valence-corrected chi connectivity index (χ2v) is 10.6. The molecular weight excluding hydrogens is 578 g/mol. The maximum atomic E-state index is 13.6.